The van der Waals surface area contributed by atoms with Gasteiger partial charge in [-0.15, -0.1) is 0 Å². The van der Waals surface area contributed by atoms with Crippen molar-refractivity contribution in [3.8, 4) is 0 Å². The van der Waals surface area contributed by atoms with Gasteiger partial charge in [-0.25, -0.2) is 9.10 Å². The first-order valence-corrected chi connectivity index (χ1v) is 7.16. The summed E-state index contributed by atoms with van der Waals surface area (Å²) in [7, 11) is 0. The number of hydrogen-bond acceptors (Lipinski definition) is 4. The van der Waals surface area contributed by atoms with Gasteiger partial charge in [-0.2, -0.15) is 0 Å². The Labute approximate surface area is 142 Å². The molecule has 0 saturated carbocycles. The Morgan fingerprint density at radius 3 is 2.00 bits per heavy atom. The molecule has 0 bridgehead atoms. The van der Waals surface area contributed by atoms with Gasteiger partial charge < -0.3 is 5.73 Å². The van der Waals surface area contributed by atoms with Crippen LogP contribution in [0.25, 0.3) is 0 Å². The second-order valence-electron chi connectivity index (χ2n) is 4.49. The predicted molar refractivity (Wildman–Crippen MR) is 90.7 cm³/mol. The molecule has 0 atom stereocenters. The molecular weight excluding hydrogens is 338 g/mol. The third-order valence-corrected chi connectivity index (χ3v) is 3.58. The maximum Gasteiger partial charge on any atom is 0.338 e. The molecule has 118 valence electrons. The van der Waals surface area contributed by atoms with E-state index >= 15 is 0 Å². The van der Waals surface area contributed by atoms with Gasteiger partial charge in [0.05, 0.1) is 5.69 Å². The highest BCUT2D eigenvalue weighted by Gasteiger charge is 2.16. The molecule has 6 nitrogen and oxygen atoms in total. The fourth-order valence-corrected chi connectivity index (χ4v) is 2.02. The van der Waals surface area contributed by atoms with Crippen molar-refractivity contribution in [1.29, 1.82) is 0 Å². The molecule has 0 aliphatic heterocycles. The predicted octanol–water partition coefficient (Wildman–Crippen LogP) is 2.64. The number of anilines is 1. The molecule has 2 aromatic rings. The number of primary amides is 1. The lowest BCUT2D eigenvalue weighted by atomic mass is 10.2. The fraction of sp³-hybridized carbons (Fsp3) is 0. The lowest BCUT2D eigenvalue weighted by molar-refractivity contribution is 0.0964. The van der Waals surface area contributed by atoms with Crippen LogP contribution in [0.15, 0.2) is 48.5 Å². The van der Waals surface area contributed by atoms with Gasteiger partial charge in [-0.3, -0.25) is 14.9 Å². The smallest absolute Gasteiger partial charge is 0.338 e. The summed E-state index contributed by atoms with van der Waals surface area (Å²) in [6, 6.07) is 11.2. The summed E-state index contributed by atoms with van der Waals surface area (Å²) < 4.78 is 0.943. The van der Waals surface area contributed by atoms with Crippen molar-refractivity contribution in [2.75, 3.05) is 4.31 Å². The van der Waals surface area contributed by atoms with Crippen molar-refractivity contribution in [1.82, 2.24) is 5.32 Å². The Morgan fingerprint density at radius 2 is 1.48 bits per heavy atom. The number of nitrogens with one attached hydrogen (secondary N) is 1. The molecule has 0 aliphatic rings. The quantitative estimate of drug-likeness (QED) is 0.744. The minimum Gasteiger partial charge on any atom is -0.366 e. The average molecular weight is 350 g/mol. The van der Waals surface area contributed by atoms with Crippen LogP contribution in [0.1, 0.15) is 20.7 Å². The molecule has 0 radical (unpaired) electrons. The summed E-state index contributed by atoms with van der Waals surface area (Å²) in [5.74, 6) is -1.16. The summed E-state index contributed by atoms with van der Waals surface area (Å²) in [6.07, 6.45) is 0. The highest BCUT2D eigenvalue weighted by atomic mass is 35.5. The number of carbonyl (C=O) groups excluding carboxylic acids is 3. The molecule has 0 spiro atoms. The highest BCUT2D eigenvalue weighted by molar-refractivity contribution is 7.82. The molecule has 4 amide bonds. The molecule has 2 aromatic carbocycles. The Kier molecular flexibility index (Phi) is 5.25. The van der Waals surface area contributed by atoms with Crippen LogP contribution in [0.5, 0.6) is 0 Å². The minimum atomic E-state index is -0.736. The van der Waals surface area contributed by atoms with Crippen molar-refractivity contribution in [3.05, 3.63) is 64.7 Å². The molecule has 8 heteroatoms. The van der Waals surface area contributed by atoms with E-state index in [2.05, 4.69) is 18.1 Å². The van der Waals surface area contributed by atoms with Gasteiger partial charge in [0.1, 0.15) is 0 Å². The number of thiol groups is 1. The van der Waals surface area contributed by atoms with Crippen LogP contribution in [0.2, 0.25) is 5.02 Å². The summed E-state index contributed by atoms with van der Waals surface area (Å²) in [5, 5.41) is 2.67. The van der Waals surface area contributed by atoms with Gasteiger partial charge in [0.15, 0.2) is 0 Å². The van der Waals surface area contributed by atoms with Gasteiger partial charge in [0, 0.05) is 16.1 Å². The van der Waals surface area contributed by atoms with Gasteiger partial charge in [-0.1, -0.05) is 24.4 Å². The molecule has 3 N–H and O–H groups in total. The zero-order chi connectivity index (χ0) is 17.0. The number of benzene rings is 2. The van der Waals surface area contributed by atoms with E-state index in [-0.39, 0.29) is 5.56 Å². The number of nitrogens with zero attached hydrogens (tertiary/aromatic N) is 1. The number of hydrogen-bond donors (Lipinski definition) is 3. The third kappa shape index (κ3) is 4.24. The maximum atomic E-state index is 12.0. The maximum absolute atomic E-state index is 12.0. The number of urea groups is 1. The Hall–Kier alpha value is -2.51. The van der Waals surface area contributed by atoms with Gasteiger partial charge in [0.2, 0.25) is 5.91 Å². The molecule has 0 aromatic heterocycles. The second kappa shape index (κ2) is 7.17. The number of imide groups is 1. The van der Waals surface area contributed by atoms with Crippen LogP contribution in [-0.2, 0) is 0 Å². The van der Waals surface area contributed by atoms with Crippen LogP contribution < -0.4 is 15.4 Å². The van der Waals surface area contributed by atoms with E-state index in [1.807, 2.05) is 0 Å². The van der Waals surface area contributed by atoms with E-state index in [0.717, 1.165) is 4.31 Å². The van der Waals surface area contributed by atoms with E-state index < -0.39 is 17.8 Å². The van der Waals surface area contributed by atoms with Gasteiger partial charge in [-0.05, 0) is 48.5 Å². The lowest BCUT2D eigenvalue weighted by Gasteiger charge is -2.16. The molecule has 0 heterocycles. The topological polar surface area (TPSA) is 92.5 Å². The first-order valence-electron chi connectivity index (χ1n) is 6.38. The van der Waals surface area contributed by atoms with Crippen molar-refractivity contribution in [2.24, 2.45) is 5.73 Å². The van der Waals surface area contributed by atoms with Crippen molar-refractivity contribution < 1.29 is 14.4 Å². The first kappa shape index (κ1) is 16.9. The van der Waals surface area contributed by atoms with Crippen molar-refractivity contribution >= 4 is 47.9 Å². The summed E-state index contributed by atoms with van der Waals surface area (Å²) in [4.78, 5) is 35.0. The van der Waals surface area contributed by atoms with E-state index in [1.54, 1.807) is 12.1 Å². The largest absolute Gasteiger partial charge is 0.366 e. The van der Waals surface area contributed by atoms with Gasteiger partial charge >= 0.3 is 6.03 Å². The Morgan fingerprint density at radius 1 is 0.957 bits per heavy atom. The Bertz CT molecular complexity index is 748. The minimum absolute atomic E-state index is 0.286. The zero-order valence-corrected chi connectivity index (χ0v) is 13.3. The molecule has 0 unspecified atom stereocenters. The monoisotopic (exact) mass is 349 g/mol. The lowest BCUT2D eigenvalue weighted by Crippen LogP contribution is -2.38. The van der Waals surface area contributed by atoms with Crippen LogP contribution in [-0.4, -0.2) is 17.8 Å². The fourth-order valence-electron chi connectivity index (χ4n) is 1.71. The van der Waals surface area contributed by atoms with Crippen LogP contribution in [0.3, 0.4) is 0 Å². The van der Waals surface area contributed by atoms with Gasteiger partial charge in [0.25, 0.3) is 5.91 Å². The van der Waals surface area contributed by atoms with E-state index in [9.17, 15) is 14.4 Å². The van der Waals surface area contributed by atoms with Crippen LogP contribution in [0, 0.1) is 0 Å². The number of halogens is 1. The molecular formula is C15H12ClN3O3S. The molecule has 0 saturated heterocycles. The number of rotatable bonds is 3. The van der Waals surface area contributed by atoms with Crippen LogP contribution in [0.4, 0.5) is 10.5 Å². The molecule has 0 fully saturated rings. The zero-order valence-electron chi connectivity index (χ0n) is 11.7. The van der Waals surface area contributed by atoms with Crippen molar-refractivity contribution in [2.45, 2.75) is 0 Å². The first-order chi connectivity index (χ1) is 10.9. The Balaban J connectivity index is 2.05. The number of amides is 4. The van der Waals surface area contributed by atoms with E-state index in [1.165, 1.54) is 36.4 Å². The number of carbonyl (C=O) groups is 3. The summed E-state index contributed by atoms with van der Waals surface area (Å²) >= 11 is 9.77. The SMILES string of the molecule is NC(=O)c1ccc(N(S)C(=O)NC(=O)c2ccc(Cl)cc2)cc1. The normalized spacial score (nSPS) is 10.0. The van der Waals surface area contributed by atoms with Crippen molar-refractivity contribution in [3.63, 3.8) is 0 Å². The van der Waals surface area contributed by atoms with E-state index in [0.29, 0.717) is 16.3 Å². The number of nitrogens with two attached hydrogens (primary N) is 1. The highest BCUT2D eigenvalue weighted by Crippen LogP contribution is 2.17. The van der Waals surface area contributed by atoms with Crippen LogP contribution >= 0.6 is 24.4 Å². The third-order valence-electron chi connectivity index (χ3n) is 2.92. The molecule has 0 aliphatic carbocycles. The second-order valence-corrected chi connectivity index (χ2v) is 5.33. The summed E-state index contributed by atoms with van der Waals surface area (Å²) in [5.41, 5.74) is 6.10. The average Bonchev–Trinajstić information content (AvgIpc) is 2.54. The molecule has 23 heavy (non-hydrogen) atoms. The molecule has 2 rings (SSSR count). The summed E-state index contributed by atoms with van der Waals surface area (Å²) in [6.45, 7) is 0. The van der Waals surface area contributed by atoms with E-state index in [4.69, 9.17) is 17.3 Å². The standard InChI is InChI=1S/C15H12ClN3O3S/c16-11-5-1-10(2-6-11)14(21)18-15(22)19(23)12-7-3-9(4-8-12)13(17)20/h1-8,23H,(H2,17,20)(H,18,21,22).